The van der Waals surface area contributed by atoms with E-state index in [1.807, 2.05) is 4.90 Å². The lowest BCUT2D eigenvalue weighted by Gasteiger charge is -2.30. The summed E-state index contributed by atoms with van der Waals surface area (Å²) in [6, 6.07) is -0.141. The number of amides is 2. The molecule has 1 aliphatic heterocycles. The van der Waals surface area contributed by atoms with Gasteiger partial charge in [-0.2, -0.15) is 0 Å². The van der Waals surface area contributed by atoms with Crippen LogP contribution in [0.1, 0.15) is 52.4 Å². The first-order valence-electron chi connectivity index (χ1n) is 6.83. The molecule has 5 heteroatoms. The second kappa shape index (κ2) is 7.24. The molecule has 5 nitrogen and oxygen atoms in total. The summed E-state index contributed by atoms with van der Waals surface area (Å²) in [4.78, 5) is 24.6. The lowest BCUT2D eigenvalue weighted by molar-refractivity contribution is -0.137. The summed E-state index contributed by atoms with van der Waals surface area (Å²) in [5, 5.41) is 11.5. The first-order chi connectivity index (χ1) is 8.54. The van der Waals surface area contributed by atoms with Crippen molar-refractivity contribution in [1.82, 2.24) is 10.2 Å². The Morgan fingerprint density at radius 2 is 2.11 bits per heavy atom. The molecule has 2 N–H and O–H groups in total. The van der Waals surface area contributed by atoms with Crippen molar-refractivity contribution in [2.45, 2.75) is 64.5 Å². The number of hydrogen-bond acceptors (Lipinski definition) is 2. The van der Waals surface area contributed by atoms with Crippen LogP contribution in [0.5, 0.6) is 0 Å². The molecule has 0 radical (unpaired) electrons. The Labute approximate surface area is 109 Å². The fourth-order valence-corrected chi connectivity index (χ4v) is 2.48. The molecule has 0 aromatic heterocycles. The normalized spacial score (nSPS) is 22.1. The van der Waals surface area contributed by atoms with Crippen molar-refractivity contribution in [3.05, 3.63) is 0 Å². The van der Waals surface area contributed by atoms with Crippen LogP contribution in [-0.2, 0) is 4.79 Å². The van der Waals surface area contributed by atoms with Gasteiger partial charge in [0.15, 0.2) is 0 Å². The maximum atomic E-state index is 12.1. The first kappa shape index (κ1) is 14.8. The van der Waals surface area contributed by atoms with Gasteiger partial charge in [0.05, 0.1) is 6.42 Å². The molecule has 1 aliphatic rings. The number of urea groups is 1. The van der Waals surface area contributed by atoms with Gasteiger partial charge < -0.3 is 15.3 Å². The number of carboxylic acids is 1. The average Bonchev–Trinajstić information content (AvgIpc) is 2.52. The maximum Gasteiger partial charge on any atom is 0.317 e. The van der Waals surface area contributed by atoms with Gasteiger partial charge in [-0.3, -0.25) is 4.79 Å². The van der Waals surface area contributed by atoms with Crippen LogP contribution in [0.3, 0.4) is 0 Å². The second-order valence-electron chi connectivity index (χ2n) is 5.05. The number of aliphatic carboxylic acids is 1. The Hall–Kier alpha value is -1.26. The zero-order valence-corrected chi connectivity index (χ0v) is 11.3. The maximum absolute atomic E-state index is 12.1. The van der Waals surface area contributed by atoms with Crippen LogP contribution < -0.4 is 5.32 Å². The second-order valence-corrected chi connectivity index (χ2v) is 5.05. The summed E-state index contributed by atoms with van der Waals surface area (Å²) in [5.41, 5.74) is 0. The van der Waals surface area contributed by atoms with E-state index in [0.717, 1.165) is 25.8 Å². The van der Waals surface area contributed by atoms with E-state index in [-0.39, 0.29) is 18.5 Å². The minimum absolute atomic E-state index is 0.0314. The molecule has 1 fully saturated rings. The van der Waals surface area contributed by atoms with E-state index in [0.29, 0.717) is 6.04 Å². The van der Waals surface area contributed by atoms with E-state index in [1.54, 1.807) is 6.92 Å². The number of nitrogens with one attached hydrogen (secondary N) is 1. The summed E-state index contributed by atoms with van der Waals surface area (Å²) in [6.07, 6.45) is 5.36. The van der Waals surface area contributed by atoms with Crippen molar-refractivity contribution in [3.63, 3.8) is 0 Å². The van der Waals surface area contributed by atoms with Crippen LogP contribution >= 0.6 is 0 Å². The summed E-state index contributed by atoms with van der Waals surface area (Å²) in [7, 11) is 0. The summed E-state index contributed by atoms with van der Waals surface area (Å²) in [5.74, 6) is -0.884. The van der Waals surface area contributed by atoms with Crippen molar-refractivity contribution < 1.29 is 14.7 Å². The number of rotatable bonds is 4. The number of carboxylic acid groups (broad SMARTS) is 1. The molecule has 0 aliphatic carbocycles. The van der Waals surface area contributed by atoms with Gasteiger partial charge in [0.1, 0.15) is 0 Å². The Kier molecular flexibility index (Phi) is 5.95. The van der Waals surface area contributed by atoms with Crippen LogP contribution in [0.25, 0.3) is 0 Å². The van der Waals surface area contributed by atoms with Crippen molar-refractivity contribution >= 4 is 12.0 Å². The predicted octanol–water partition coefficient (Wildman–Crippen LogP) is 2.21. The molecule has 104 valence electrons. The van der Waals surface area contributed by atoms with E-state index >= 15 is 0 Å². The molecule has 0 spiro atoms. The summed E-state index contributed by atoms with van der Waals surface area (Å²) in [6.45, 7) is 4.60. The van der Waals surface area contributed by atoms with E-state index in [4.69, 9.17) is 5.11 Å². The number of carbonyl (C=O) groups excluding carboxylic acids is 1. The third-order valence-corrected chi connectivity index (χ3v) is 3.46. The number of nitrogens with zero attached hydrogens (tertiary/aromatic N) is 1. The Morgan fingerprint density at radius 1 is 1.39 bits per heavy atom. The molecule has 0 bridgehead atoms. The van der Waals surface area contributed by atoms with Gasteiger partial charge >= 0.3 is 12.0 Å². The molecule has 0 aromatic carbocycles. The van der Waals surface area contributed by atoms with Crippen LogP contribution in [0.2, 0.25) is 0 Å². The minimum Gasteiger partial charge on any atom is -0.481 e. The number of carbonyl (C=O) groups is 2. The molecular weight excluding hydrogens is 232 g/mol. The summed E-state index contributed by atoms with van der Waals surface area (Å²) < 4.78 is 0. The molecule has 18 heavy (non-hydrogen) atoms. The highest BCUT2D eigenvalue weighted by Crippen LogP contribution is 2.19. The van der Waals surface area contributed by atoms with Gasteiger partial charge in [0.2, 0.25) is 0 Å². The van der Waals surface area contributed by atoms with Gasteiger partial charge in [0, 0.05) is 18.6 Å². The van der Waals surface area contributed by atoms with E-state index in [9.17, 15) is 9.59 Å². The molecule has 2 amide bonds. The van der Waals surface area contributed by atoms with Gasteiger partial charge in [0.25, 0.3) is 0 Å². The topological polar surface area (TPSA) is 69.6 Å². The van der Waals surface area contributed by atoms with E-state index in [1.165, 1.54) is 12.8 Å². The molecular formula is C13H24N2O3. The van der Waals surface area contributed by atoms with Crippen LogP contribution in [-0.4, -0.2) is 40.6 Å². The van der Waals surface area contributed by atoms with Crippen molar-refractivity contribution in [2.24, 2.45) is 0 Å². The van der Waals surface area contributed by atoms with Crippen LogP contribution in [0.15, 0.2) is 0 Å². The minimum atomic E-state index is -0.884. The SMILES string of the molecule is CCC1CCCCCN1C(=O)NC(C)CC(=O)O. The van der Waals surface area contributed by atoms with Gasteiger partial charge in [-0.15, -0.1) is 0 Å². The zero-order chi connectivity index (χ0) is 13.5. The third-order valence-electron chi connectivity index (χ3n) is 3.46. The van der Waals surface area contributed by atoms with Crippen molar-refractivity contribution in [2.75, 3.05) is 6.54 Å². The number of hydrogen-bond donors (Lipinski definition) is 2. The lowest BCUT2D eigenvalue weighted by Crippen LogP contribution is -2.48. The smallest absolute Gasteiger partial charge is 0.317 e. The van der Waals surface area contributed by atoms with E-state index < -0.39 is 5.97 Å². The highest BCUT2D eigenvalue weighted by molar-refractivity contribution is 5.76. The Balaban J connectivity index is 2.54. The highest BCUT2D eigenvalue weighted by atomic mass is 16.4. The van der Waals surface area contributed by atoms with Crippen LogP contribution in [0, 0.1) is 0 Å². The van der Waals surface area contributed by atoms with Gasteiger partial charge in [-0.1, -0.05) is 19.8 Å². The molecule has 0 aromatic rings. The highest BCUT2D eigenvalue weighted by Gasteiger charge is 2.25. The molecule has 1 saturated heterocycles. The van der Waals surface area contributed by atoms with Gasteiger partial charge in [-0.05, 0) is 26.2 Å². The monoisotopic (exact) mass is 256 g/mol. The molecule has 1 heterocycles. The number of likely N-dealkylation sites (tertiary alicyclic amines) is 1. The Morgan fingerprint density at radius 3 is 2.72 bits per heavy atom. The van der Waals surface area contributed by atoms with E-state index in [2.05, 4.69) is 12.2 Å². The standard InChI is InChI=1S/C13H24N2O3/c1-3-11-7-5-4-6-8-15(11)13(18)14-10(2)9-12(16)17/h10-11H,3-9H2,1-2H3,(H,14,18)(H,16,17). The fourth-order valence-electron chi connectivity index (χ4n) is 2.48. The third kappa shape index (κ3) is 4.55. The fraction of sp³-hybridized carbons (Fsp3) is 0.846. The Bertz CT molecular complexity index is 294. The average molecular weight is 256 g/mol. The molecule has 0 saturated carbocycles. The summed E-state index contributed by atoms with van der Waals surface area (Å²) >= 11 is 0. The zero-order valence-electron chi connectivity index (χ0n) is 11.3. The quantitative estimate of drug-likeness (QED) is 0.810. The largest absolute Gasteiger partial charge is 0.481 e. The van der Waals surface area contributed by atoms with Crippen LogP contribution in [0.4, 0.5) is 4.79 Å². The predicted molar refractivity (Wildman–Crippen MR) is 69.5 cm³/mol. The first-order valence-corrected chi connectivity index (χ1v) is 6.83. The van der Waals surface area contributed by atoms with Crippen molar-refractivity contribution in [1.29, 1.82) is 0 Å². The molecule has 1 rings (SSSR count). The lowest BCUT2D eigenvalue weighted by atomic mass is 10.1. The molecule has 2 atom stereocenters. The van der Waals surface area contributed by atoms with Crippen molar-refractivity contribution in [3.8, 4) is 0 Å². The molecule has 2 unspecified atom stereocenters. The van der Waals surface area contributed by atoms with Gasteiger partial charge in [-0.25, -0.2) is 4.79 Å².